The third-order valence-electron chi connectivity index (χ3n) is 4.79. The number of amides is 1. The molecule has 0 radical (unpaired) electrons. The van der Waals surface area contributed by atoms with Gasteiger partial charge in [0.25, 0.3) is 11.5 Å². The van der Waals surface area contributed by atoms with E-state index in [2.05, 4.69) is 15.4 Å². The van der Waals surface area contributed by atoms with Crippen molar-refractivity contribution in [1.29, 1.82) is 0 Å². The summed E-state index contributed by atoms with van der Waals surface area (Å²) in [5.41, 5.74) is 2.86. The smallest absolute Gasteiger partial charge is 0.264 e. The van der Waals surface area contributed by atoms with Crippen LogP contribution >= 0.6 is 23.2 Å². The van der Waals surface area contributed by atoms with Crippen LogP contribution in [0, 0.1) is 6.92 Å². The van der Waals surface area contributed by atoms with Crippen LogP contribution in [0.1, 0.15) is 21.5 Å². The van der Waals surface area contributed by atoms with Crippen LogP contribution in [0.3, 0.4) is 0 Å². The number of carbonyl (C=O) groups is 1. The summed E-state index contributed by atoms with van der Waals surface area (Å²) in [6, 6.07) is 12.6. The maximum Gasteiger partial charge on any atom is 0.264 e. The van der Waals surface area contributed by atoms with E-state index in [0.29, 0.717) is 46.3 Å². The molecule has 0 unspecified atom stereocenters. The van der Waals surface area contributed by atoms with Crippen molar-refractivity contribution in [3.63, 3.8) is 0 Å². The summed E-state index contributed by atoms with van der Waals surface area (Å²) in [6.45, 7) is 3.11. The number of aromatic nitrogens is 4. The Hall–Kier alpha value is -3.16. The summed E-state index contributed by atoms with van der Waals surface area (Å²) >= 11 is 11.9. The van der Waals surface area contributed by atoms with Crippen LogP contribution in [0.4, 0.5) is 0 Å². The molecule has 0 aliphatic rings. The number of hydrogen-bond acceptors (Lipinski definition) is 4. The largest absolute Gasteiger partial charge is 0.350 e. The van der Waals surface area contributed by atoms with Crippen molar-refractivity contribution < 1.29 is 4.79 Å². The van der Waals surface area contributed by atoms with E-state index in [1.54, 1.807) is 27.4 Å². The van der Waals surface area contributed by atoms with Gasteiger partial charge in [-0.15, -0.1) is 0 Å². The van der Waals surface area contributed by atoms with E-state index in [9.17, 15) is 9.59 Å². The highest BCUT2D eigenvalue weighted by molar-refractivity contribution is 6.35. The Morgan fingerprint density at radius 1 is 1.13 bits per heavy atom. The van der Waals surface area contributed by atoms with Crippen LogP contribution in [0.2, 0.25) is 10.0 Å². The van der Waals surface area contributed by atoms with Crippen molar-refractivity contribution in [1.82, 2.24) is 24.6 Å². The minimum absolute atomic E-state index is 0.157. The topological polar surface area (TPSA) is 81.8 Å². The summed E-state index contributed by atoms with van der Waals surface area (Å²) in [6.07, 6.45) is 3.04. The van der Waals surface area contributed by atoms with E-state index >= 15 is 0 Å². The molecule has 0 atom stereocenters. The molecule has 1 N–H and O–H groups in total. The highest BCUT2D eigenvalue weighted by Crippen LogP contribution is 2.19. The number of hydrogen-bond donors (Lipinski definition) is 1. The molecule has 1 amide bonds. The molecule has 7 nitrogen and oxygen atoms in total. The molecule has 31 heavy (non-hydrogen) atoms. The van der Waals surface area contributed by atoms with Gasteiger partial charge in [0.05, 0.1) is 19.3 Å². The summed E-state index contributed by atoms with van der Waals surface area (Å²) in [5.74, 6) is -0.297. The Morgan fingerprint density at radius 2 is 1.90 bits per heavy atom. The molecule has 0 aliphatic heterocycles. The minimum Gasteiger partial charge on any atom is -0.350 e. The van der Waals surface area contributed by atoms with E-state index in [-0.39, 0.29) is 11.5 Å². The lowest BCUT2D eigenvalue weighted by molar-refractivity contribution is 0.0952. The van der Waals surface area contributed by atoms with Crippen molar-refractivity contribution in [2.75, 3.05) is 6.54 Å². The van der Waals surface area contributed by atoms with Crippen LogP contribution in [0.15, 0.2) is 59.8 Å². The second-order valence-electron chi connectivity index (χ2n) is 7.19. The van der Waals surface area contributed by atoms with E-state index in [4.69, 9.17) is 23.2 Å². The molecule has 0 spiro atoms. The van der Waals surface area contributed by atoms with Crippen molar-refractivity contribution in [2.24, 2.45) is 0 Å². The molecule has 0 aliphatic carbocycles. The monoisotopic (exact) mass is 455 g/mol. The first kappa shape index (κ1) is 21.1. The summed E-state index contributed by atoms with van der Waals surface area (Å²) in [7, 11) is 0. The van der Waals surface area contributed by atoms with Crippen LogP contribution < -0.4 is 10.9 Å². The van der Waals surface area contributed by atoms with Crippen molar-refractivity contribution in [2.45, 2.75) is 20.0 Å². The van der Waals surface area contributed by atoms with Gasteiger partial charge in [-0.2, -0.15) is 5.10 Å². The van der Waals surface area contributed by atoms with Gasteiger partial charge in [-0.25, -0.2) is 9.67 Å². The molecule has 158 valence electrons. The first-order chi connectivity index (χ1) is 14.9. The second kappa shape index (κ2) is 8.91. The van der Waals surface area contributed by atoms with Crippen molar-refractivity contribution >= 4 is 40.1 Å². The van der Waals surface area contributed by atoms with E-state index in [1.807, 2.05) is 31.2 Å². The van der Waals surface area contributed by atoms with Crippen molar-refractivity contribution in [3.05, 3.63) is 92.1 Å². The van der Waals surface area contributed by atoms with Gasteiger partial charge in [-0.1, -0.05) is 53.0 Å². The van der Waals surface area contributed by atoms with Gasteiger partial charge in [-0.3, -0.25) is 14.2 Å². The Bertz CT molecular complexity index is 1310. The predicted molar refractivity (Wildman–Crippen MR) is 121 cm³/mol. The fourth-order valence-corrected chi connectivity index (χ4v) is 3.87. The molecule has 0 bridgehead atoms. The molecule has 2 aromatic heterocycles. The third-order valence-corrected chi connectivity index (χ3v) is 5.23. The summed E-state index contributed by atoms with van der Waals surface area (Å²) < 4.78 is 3.16. The lowest BCUT2D eigenvalue weighted by Gasteiger charge is -2.08. The highest BCUT2D eigenvalue weighted by atomic mass is 35.5. The predicted octanol–water partition coefficient (Wildman–Crippen LogP) is 3.69. The number of benzene rings is 2. The van der Waals surface area contributed by atoms with Gasteiger partial charge < -0.3 is 5.32 Å². The molecule has 0 saturated carbocycles. The molecule has 2 aromatic carbocycles. The fourth-order valence-electron chi connectivity index (χ4n) is 3.34. The number of carbonyl (C=O) groups excluding carboxylic acids is 1. The van der Waals surface area contributed by atoms with Crippen LogP contribution in [0.25, 0.3) is 11.0 Å². The summed E-state index contributed by atoms with van der Waals surface area (Å²) in [4.78, 5) is 29.6. The molecule has 2 heterocycles. The molecule has 4 aromatic rings. The molecule has 0 saturated heterocycles. The maximum atomic E-state index is 12.8. The molecular weight excluding hydrogens is 437 g/mol. The number of rotatable bonds is 6. The molecular formula is C22H19Cl2N5O2. The minimum atomic E-state index is -0.297. The van der Waals surface area contributed by atoms with Gasteiger partial charge in [0.2, 0.25) is 0 Å². The van der Waals surface area contributed by atoms with E-state index < -0.39 is 0 Å². The van der Waals surface area contributed by atoms with Gasteiger partial charge in [0.1, 0.15) is 11.7 Å². The maximum absolute atomic E-state index is 12.8. The number of fused-ring (bicyclic) bond motifs is 1. The summed E-state index contributed by atoms with van der Waals surface area (Å²) in [5, 5.41) is 8.27. The average molecular weight is 456 g/mol. The lowest BCUT2D eigenvalue weighted by atomic mass is 10.1. The Balaban J connectivity index is 1.46. The quantitative estimate of drug-likeness (QED) is 0.480. The van der Waals surface area contributed by atoms with Gasteiger partial charge in [-0.05, 0) is 30.7 Å². The first-order valence-corrected chi connectivity index (χ1v) is 10.4. The lowest BCUT2D eigenvalue weighted by Crippen LogP contribution is -2.27. The third kappa shape index (κ3) is 4.78. The average Bonchev–Trinajstić information content (AvgIpc) is 3.13. The standard InChI is InChI=1S/C22H19Cl2N5O2/c1-14-3-2-4-15(7-14)12-28-13-26-20-19(22(28)31)11-27-29(20)6-5-25-21(30)16-8-17(23)10-18(24)9-16/h2-4,7-11,13H,5-6,12H2,1H3,(H,25,30). The zero-order valence-corrected chi connectivity index (χ0v) is 18.2. The SMILES string of the molecule is Cc1cccc(Cn2cnc3c(cnn3CCNC(=O)c3cc(Cl)cc(Cl)c3)c2=O)c1. The van der Waals surface area contributed by atoms with E-state index in [0.717, 1.165) is 11.1 Å². The van der Waals surface area contributed by atoms with E-state index in [1.165, 1.54) is 12.5 Å². The number of aryl methyl sites for hydroxylation is 1. The number of nitrogens with one attached hydrogen (secondary N) is 1. The molecule has 0 fully saturated rings. The Morgan fingerprint density at radius 3 is 2.65 bits per heavy atom. The first-order valence-electron chi connectivity index (χ1n) is 9.61. The fraction of sp³-hybridized carbons (Fsp3) is 0.182. The van der Waals surface area contributed by atoms with Gasteiger partial charge in [0.15, 0.2) is 5.65 Å². The van der Waals surface area contributed by atoms with Crippen molar-refractivity contribution in [3.8, 4) is 0 Å². The van der Waals surface area contributed by atoms with Crippen LogP contribution in [-0.4, -0.2) is 31.8 Å². The van der Waals surface area contributed by atoms with Gasteiger partial charge >= 0.3 is 0 Å². The molecule has 9 heteroatoms. The Kier molecular flexibility index (Phi) is 6.06. The Labute approximate surface area is 188 Å². The molecule has 4 rings (SSSR count). The normalized spacial score (nSPS) is 11.1. The van der Waals surface area contributed by atoms with Crippen LogP contribution in [0.5, 0.6) is 0 Å². The zero-order chi connectivity index (χ0) is 22.0. The zero-order valence-electron chi connectivity index (χ0n) is 16.7. The number of nitrogens with zero attached hydrogens (tertiary/aromatic N) is 4. The number of halogens is 2. The highest BCUT2D eigenvalue weighted by Gasteiger charge is 2.12. The van der Waals surface area contributed by atoms with Gasteiger partial charge in [0, 0.05) is 22.2 Å². The second-order valence-corrected chi connectivity index (χ2v) is 8.06. The van der Waals surface area contributed by atoms with Crippen LogP contribution in [-0.2, 0) is 13.1 Å².